The molecule has 0 saturated carbocycles. The van der Waals surface area contributed by atoms with Crippen molar-refractivity contribution in [3.05, 3.63) is 58.9 Å². The van der Waals surface area contributed by atoms with Gasteiger partial charge in [0, 0.05) is 30.6 Å². The first-order valence-electron chi connectivity index (χ1n) is 8.10. The maximum Gasteiger partial charge on any atom is 0.226 e. The summed E-state index contributed by atoms with van der Waals surface area (Å²) in [5.41, 5.74) is 2.76. The van der Waals surface area contributed by atoms with E-state index in [1.165, 1.54) is 6.92 Å². The van der Waals surface area contributed by atoms with Gasteiger partial charge in [-0.1, -0.05) is 23.7 Å². The van der Waals surface area contributed by atoms with E-state index in [4.69, 9.17) is 16.0 Å². The molecular formula is C19H18ClN3O3. The molecular weight excluding hydrogens is 354 g/mol. The molecule has 0 aliphatic rings. The Morgan fingerprint density at radius 3 is 2.62 bits per heavy atom. The van der Waals surface area contributed by atoms with Gasteiger partial charge in [-0.3, -0.25) is 9.59 Å². The summed E-state index contributed by atoms with van der Waals surface area (Å²) in [7, 11) is 0. The van der Waals surface area contributed by atoms with Crippen molar-refractivity contribution >= 4 is 40.2 Å². The minimum Gasteiger partial charge on any atom is -0.441 e. The minimum absolute atomic E-state index is 0.0919. The van der Waals surface area contributed by atoms with E-state index in [9.17, 15) is 9.59 Å². The first-order valence-corrected chi connectivity index (χ1v) is 8.48. The molecule has 0 saturated heterocycles. The Labute approximate surface area is 155 Å². The van der Waals surface area contributed by atoms with Crippen LogP contribution in [0, 0.1) is 6.92 Å². The molecule has 0 bridgehead atoms. The highest BCUT2D eigenvalue weighted by Crippen LogP contribution is 2.22. The summed E-state index contributed by atoms with van der Waals surface area (Å²) >= 11 is 5.90. The molecule has 0 aliphatic carbocycles. The lowest BCUT2D eigenvalue weighted by Crippen LogP contribution is -2.29. The van der Waals surface area contributed by atoms with Gasteiger partial charge in [0.2, 0.25) is 11.8 Å². The number of oxazole rings is 1. The third-order valence-corrected chi connectivity index (χ3v) is 4.07. The van der Waals surface area contributed by atoms with Crippen molar-refractivity contribution in [2.75, 3.05) is 5.32 Å². The number of hydrogen-bond acceptors (Lipinski definition) is 4. The third kappa shape index (κ3) is 4.40. The number of halogens is 1. The third-order valence-electron chi connectivity index (χ3n) is 3.82. The van der Waals surface area contributed by atoms with Crippen molar-refractivity contribution in [3.8, 4) is 0 Å². The molecule has 0 aliphatic heterocycles. The van der Waals surface area contributed by atoms with Gasteiger partial charge in [0.1, 0.15) is 5.52 Å². The Kier molecular flexibility index (Phi) is 5.23. The highest BCUT2D eigenvalue weighted by atomic mass is 35.5. The molecule has 1 aromatic heterocycles. The number of amides is 2. The molecule has 134 valence electrons. The average molecular weight is 372 g/mol. The van der Waals surface area contributed by atoms with Crippen LogP contribution in [-0.2, 0) is 9.59 Å². The average Bonchev–Trinajstić information content (AvgIpc) is 2.93. The van der Waals surface area contributed by atoms with E-state index in [1.807, 2.05) is 0 Å². The van der Waals surface area contributed by atoms with Gasteiger partial charge in [0.05, 0.1) is 12.5 Å². The van der Waals surface area contributed by atoms with Crippen LogP contribution in [0.2, 0.25) is 5.02 Å². The molecule has 2 amide bonds. The molecule has 2 aromatic carbocycles. The highest BCUT2D eigenvalue weighted by molar-refractivity contribution is 6.30. The Morgan fingerprint density at radius 1 is 1.19 bits per heavy atom. The minimum atomic E-state index is -0.443. The Hall–Kier alpha value is -2.86. The van der Waals surface area contributed by atoms with Crippen LogP contribution in [0.3, 0.4) is 0 Å². The molecule has 3 aromatic rings. The standard InChI is InChI=1S/C19H18ClN3O3/c1-11(24)21-17(13-3-5-14(20)6-4-13)10-19(25)23-15-7-8-16-18(9-15)26-12(2)22-16/h3-9,17H,10H2,1-2H3,(H,21,24)(H,23,25). The van der Waals surface area contributed by atoms with Crippen LogP contribution in [0.4, 0.5) is 5.69 Å². The van der Waals surface area contributed by atoms with Gasteiger partial charge in [0.15, 0.2) is 11.5 Å². The first kappa shape index (κ1) is 17.9. The number of aryl methyl sites for hydroxylation is 1. The second-order valence-corrected chi connectivity index (χ2v) is 6.41. The zero-order valence-electron chi connectivity index (χ0n) is 14.4. The Bertz CT molecular complexity index is 950. The van der Waals surface area contributed by atoms with Crippen molar-refractivity contribution in [1.29, 1.82) is 0 Å². The summed E-state index contributed by atoms with van der Waals surface area (Å²) in [5.74, 6) is 0.127. The van der Waals surface area contributed by atoms with Crippen LogP contribution < -0.4 is 10.6 Å². The van der Waals surface area contributed by atoms with Crippen LogP contribution in [0.25, 0.3) is 11.1 Å². The van der Waals surface area contributed by atoms with E-state index in [-0.39, 0.29) is 18.2 Å². The van der Waals surface area contributed by atoms with Crippen LogP contribution in [0.5, 0.6) is 0 Å². The zero-order valence-corrected chi connectivity index (χ0v) is 15.1. The van der Waals surface area contributed by atoms with Crippen LogP contribution in [0.15, 0.2) is 46.9 Å². The normalized spacial score (nSPS) is 12.0. The first-order chi connectivity index (χ1) is 12.4. The Balaban J connectivity index is 1.73. The van der Waals surface area contributed by atoms with Gasteiger partial charge in [-0.05, 0) is 29.8 Å². The monoisotopic (exact) mass is 371 g/mol. The molecule has 0 fully saturated rings. The number of carbonyl (C=O) groups is 2. The Morgan fingerprint density at radius 2 is 1.92 bits per heavy atom. The molecule has 1 unspecified atom stereocenters. The predicted molar refractivity (Wildman–Crippen MR) is 100 cm³/mol. The van der Waals surface area contributed by atoms with Crippen molar-refractivity contribution in [2.24, 2.45) is 0 Å². The van der Waals surface area contributed by atoms with Crippen molar-refractivity contribution < 1.29 is 14.0 Å². The van der Waals surface area contributed by atoms with Crippen molar-refractivity contribution in [1.82, 2.24) is 10.3 Å². The van der Waals surface area contributed by atoms with E-state index < -0.39 is 6.04 Å². The molecule has 1 atom stereocenters. The summed E-state index contributed by atoms with van der Waals surface area (Å²) in [4.78, 5) is 28.2. The number of rotatable bonds is 5. The molecule has 26 heavy (non-hydrogen) atoms. The fraction of sp³-hybridized carbons (Fsp3) is 0.211. The van der Waals surface area contributed by atoms with Gasteiger partial charge in [-0.15, -0.1) is 0 Å². The molecule has 6 nitrogen and oxygen atoms in total. The van der Waals surface area contributed by atoms with E-state index >= 15 is 0 Å². The SMILES string of the molecule is CC(=O)NC(CC(=O)Nc1ccc2nc(C)oc2c1)c1ccc(Cl)cc1. The second-order valence-electron chi connectivity index (χ2n) is 5.97. The highest BCUT2D eigenvalue weighted by Gasteiger charge is 2.17. The maximum absolute atomic E-state index is 12.5. The summed E-state index contributed by atoms with van der Waals surface area (Å²) in [6.45, 7) is 3.18. The van der Waals surface area contributed by atoms with Crippen LogP contribution in [-0.4, -0.2) is 16.8 Å². The molecule has 2 N–H and O–H groups in total. The number of hydrogen-bond donors (Lipinski definition) is 2. The smallest absolute Gasteiger partial charge is 0.226 e. The summed E-state index contributed by atoms with van der Waals surface area (Å²) in [6, 6.07) is 11.9. The number of nitrogens with zero attached hydrogens (tertiary/aromatic N) is 1. The van der Waals surface area contributed by atoms with Gasteiger partial charge < -0.3 is 15.1 Å². The molecule has 7 heteroatoms. The fourth-order valence-corrected chi connectivity index (χ4v) is 2.83. The molecule has 0 spiro atoms. The van der Waals surface area contributed by atoms with E-state index in [0.29, 0.717) is 22.2 Å². The van der Waals surface area contributed by atoms with Crippen molar-refractivity contribution in [3.63, 3.8) is 0 Å². The number of anilines is 1. The van der Waals surface area contributed by atoms with E-state index in [1.54, 1.807) is 49.4 Å². The maximum atomic E-state index is 12.5. The number of aromatic nitrogens is 1. The molecule has 0 radical (unpaired) electrons. The molecule has 3 rings (SSSR count). The van der Waals surface area contributed by atoms with Crippen LogP contribution in [0.1, 0.15) is 30.8 Å². The van der Waals surface area contributed by atoms with Gasteiger partial charge in [0.25, 0.3) is 0 Å². The molecule has 1 heterocycles. The number of benzene rings is 2. The zero-order chi connectivity index (χ0) is 18.7. The summed E-state index contributed by atoms with van der Waals surface area (Å²) in [5, 5.41) is 6.21. The van der Waals surface area contributed by atoms with Gasteiger partial charge >= 0.3 is 0 Å². The number of fused-ring (bicyclic) bond motifs is 1. The van der Waals surface area contributed by atoms with Gasteiger partial charge in [-0.25, -0.2) is 4.98 Å². The second kappa shape index (κ2) is 7.58. The van der Waals surface area contributed by atoms with E-state index in [0.717, 1.165) is 11.1 Å². The lowest BCUT2D eigenvalue weighted by atomic mass is 10.0. The largest absolute Gasteiger partial charge is 0.441 e. The number of nitrogens with one attached hydrogen (secondary N) is 2. The van der Waals surface area contributed by atoms with Crippen molar-refractivity contribution in [2.45, 2.75) is 26.3 Å². The van der Waals surface area contributed by atoms with E-state index in [2.05, 4.69) is 15.6 Å². The lowest BCUT2D eigenvalue weighted by Gasteiger charge is -2.18. The van der Waals surface area contributed by atoms with Crippen LogP contribution >= 0.6 is 11.6 Å². The predicted octanol–water partition coefficient (Wildman–Crippen LogP) is 4.00. The topological polar surface area (TPSA) is 84.2 Å². The summed E-state index contributed by atoms with van der Waals surface area (Å²) in [6.07, 6.45) is 0.0919. The van der Waals surface area contributed by atoms with Gasteiger partial charge in [-0.2, -0.15) is 0 Å². The lowest BCUT2D eigenvalue weighted by molar-refractivity contribution is -0.120. The number of carbonyl (C=O) groups excluding carboxylic acids is 2. The quantitative estimate of drug-likeness (QED) is 0.710. The fourth-order valence-electron chi connectivity index (χ4n) is 2.71. The summed E-state index contributed by atoms with van der Waals surface area (Å²) < 4.78 is 5.47.